The molecular weight excluding hydrogens is 306 g/mol. The first-order chi connectivity index (χ1) is 11.2. The number of rotatable bonds is 5. The van der Waals surface area contributed by atoms with Crippen LogP contribution in [0.1, 0.15) is 29.9 Å². The van der Waals surface area contributed by atoms with Crippen molar-refractivity contribution >= 4 is 17.4 Å². The lowest BCUT2D eigenvalue weighted by Crippen LogP contribution is -2.36. The molecule has 1 unspecified atom stereocenters. The lowest BCUT2D eigenvalue weighted by molar-refractivity contribution is -0.119. The molecule has 120 valence electrons. The van der Waals surface area contributed by atoms with Crippen LogP contribution in [-0.2, 0) is 11.2 Å². The fourth-order valence-electron chi connectivity index (χ4n) is 3.47. The Labute approximate surface area is 142 Å². The number of ketones is 1. The summed E-state index contributed by atoms with van der Waals surface area (Å²) in [4.78, 5) is 12.5. The second-order valence-electron chi connectivity index (χ2n) is 6.32. The third kappa shape index (κ3) is 4.43. The van der Waals surface area contributed by atoms with Gasteiger partial charge in [0.2, 0.25) is 0 Å². The number of nitrogens with one attached hydrogen (secondary N) is 1. The van der Waals surface area contributed by atoms with Crippen molar-refractivity contribution in [3.05, 3.63) is 70.7 Å². The molecule has 1 heterocycles. The summed E-state index contributed by atoms with van der Waals surface area (Å²) in [5.41, 5.74) is 2.40. The third-order valence-corrected chi connectivity index (χ3v) is 4.89. The SMILES string of the molecule is O=C(Cc1ccc(Cl)cc1)C[C@@H]1CNCCC1c1ccccc1. The van der Waals surface area contributed by atoms with Gasteiger partial charge in [0.05, 0.1) is 0 Å². The molecule has 0 amide bonds. The zero-order chi connectivity index (χ0) is 16.1. The summed E-state index contributed by atoms with van der Waals surface area (Å²) in [6.45, 7) is 1.95. The highest BCUT2D eigenvalue weighted by atomic mass is 35.5. The highest BCUT2D eigenvalue weighted by molar-refractivity contribution is 6.30. The maximum Gasteiger partial charge on any atom is 0.137 e. The molecule has 1 aliphatic heterocycles. The van der Waals surface area contributed by atoms with E-state index in [4.69, 9.17) is 11.6 Å². The van der Waals surface area contributed by atoms with Gasteiger partial charge in [-0.15, -0.1) is 0 Å². The summed E-state index contributed by atoms with van der Waals surface area (Å²) < 4.78 is 0. The van der Waals surface area contributed by atoms with Gasteiger partial charge in [0.1, 0.15) is 5.78 Å². The highest BCUT2D eigenvalue weighted by Gasteiger charge is 2.27. The van der Waals surface area contributed by atoms with Crippen LogP contribution >= 0.6 is 11.6 Å². The van der Waals surface area contributed by atoms with E-state index in [-0.39, 0.29) is 0 Å². The lowest BCUT2D eigenvalue weighted by atomic mass is 9.78. The van der Waals surface area contributed by atoms with E-state index in [0.717, 1.165) is 25.1 Å². The largest absolute Gasteiger partial charge is 0.316 e. The fraction of sp³-hybridized carbons (Fsp3) is 0.350. The molecule has 3 rings (SSSR count). The van der Waals surface area contributed by atoms with E-state index in [2.05, 4.69) is 29.6 Å². The van der Waals surface area contributed by atoms with Crippen LogP contribution in [0, 0.1) is 5.92 Å². The second kappa shape index (κ2) is 7.76. The number of hydrogen-bond donors (Lipinski definition) is 1. The Kier molecular flexibility index (Phi) is 5.47. The summed E-state index contributed by atoms with van der Waals surface area (Å²) in [5.74, 6) is 1.17. The molecule has 1 fully saturated rings. The summed E-state index contributed by atoms with van der Waals surface area (Å²) >= 11 is 5.90. The van der Waals surface area contributed by atoms with E-state index in [1.807, 2.05) is 30.3 Å². The smallest absolute Gasteiger partial charge is 0.137 e. The molecule has 23 heavy (non-hydrogen) atoms. The van der Waals surface area contributed by atoms with Gasteiger partial charge in [-0.05, 0) is 54.6 Å². The Morgan fingerprint density at radius 1 is 1.09 bits per heavy atom. The zero-order valence-corrected chi connectivity index (χ0v) is 13.9. The molecule has 1 N–H and O–H groups in total. The van der Waals surface area contributed by atoms with Crippen LogP contribution in [0.25, 0.3) is 0 Å². The van der Waals surface area contributed by atoms with E-state index in [9.17, 15) is 4.79 Å². The van der Waals surface area contributed by atoms with Crippen LogP contribution in [-0.4, -0.2) is 18.9 Å². The van der Waals surface area contributed by atoms with Crippen LogP contribution in [0.2, 0.25) is 5.02 Å². The molecule has 0 aromatic heterocycles. The first-order valence-electron chi connectivity index (χ1n) is 8.24. The number of halogens is 1. The number of piperidine rings is 1. The molecule has 0 saturated carbocycles. The van der Waals surface area contributed by atoms with Gasteiger partial charge in [0.15, 0.2) is 0 Å². The molecule has 0 spiro atoms. The van der Waals surface area contributed by atoms with Crippen LogP contribution in [0.15, 0.2) is 54.6 Å². The quantitative estimate of drug-likeness (QED) is 0.890. The molecular formula is C20H22ClNO. The molecule has 1 aliphatic rings. The van der Waals surface area contributed by atoms with E-state index in [1.54, 1.807) is 0 Å². The molecule has 0 aliphatic carbocycles. The van der Waals surface area contributed by atoms with Gasteiger partial charge in [0.25, 0.3) is 0 Å². The van der Waals surface area contributed by atoms with Crippen molar-refractivity contribution in [2.75, 3.05) is 13.1 Å². The molecule has 2 aromatic rings. The van der Waals surface area contributed by atoms with E-state index in [0.29, 0.717) is 35.5 Å². The first kappa shape index (κ1) is 16.2. The number of hydrogen-bond acceptors (Lipinski definition) is 2. The normalized spacial score (nSPS) is 21.1. The molecule has 2 aromatic carbocycles. The molecule has 2 nitrogen and oxygen atoms in total. The molecule has 2 atom stereocenters. The predicted molar refractivity (Wildman–Crippen MR) is 94.9 cm³/mol. The average Bonchev–Trinajstić information content (AvgIpc) is 2.58. The van der Waals surface area contributed by atoms with Gasteiger partial charge in [0, 0.05) is 17.9 Å². The Morgan fingerprint density at radius 3 is 2.57 bits per heavy atom. The molecule has 3 heteroatoms. The van der Waals surface area contributed by atoms with Crippen LogP contribution in [0.4, 0.5) is 0 Å². The van der Waals surface area contributed by atoms with Crippen LogP contribution in [0.3, 0.4) is 0 Å². The Balaban J connectivity index is 1.64. The van der Waals surface area contributed by atoms with Gasteiger partial charge < -0.3 is 5.32 Å². The van der Waals surface area contributed by atoms with E-state index >= 15 is 0 Å². The van der Waals surface area contributed by atoms with Crippen molar-refractivity contribution < 1.29 is 4.79 Å². The number of benzene rings is 2. The Morgan fingerprint density at radius 2 is 1.83 bits per heavy atom. The average molecular weight is 328 g/mol. The van der Waals surface area contributed by atoms with E-state index in [1.165, 1.54) is 5.56 Å². The minimum atomic E-state index is 0.307. The Hall–Kier alpha value is -1.64. The Bertz CT molecular complexity index is 638. The maximum absolute atomic E-state index is 12.5. The van der Waals surface area contributed by atoms with Crippen molar-refractivity contribution in [2.24, 2.45) is 5.92 Å². The van der Waals surface area contributed by atoms with Gasteiger partial charge in [-0.25, -0.2) is 0 Å². The van der Waals surface area contributed by atoms with Crippen molar-refractivity contribution in [1.82, 2.24) is 5.32 Å². The molecule has 1 saturated heterocycles. The van der Waals surface area contributed by atoms with Crippen molar-refractivity contribution in [2.45, 2.75) is 25.2 Å². The topological polar surface area (TPSA) is 29.1 Å². The first-order valence-corrected chi connectivity index (χ1v) is 8.62. The maximum atomic E-state index is 12.5. The third-order valence-electron chi connectivity index (χ3n) is 4.64. The van der Waals surface area contributed by atoms with E-state index < -0.39 is 0 Å². The lowest BCUT2D eigenvalue weighted by Gasteiger charge is -2.32. The van der Waals surface area contributed by atoms with Crippen molar-refractivity contribution in [3.63, 3.8) is 0 Å². The summed E-state index contributed by atoms with van der Waals surface area (Å²) in [7, 11) is 0. The molecule has 0 radical (unpaired) electrons. The summed E-state index contributed by atoms with van der Waals surface area (Å²) in [6.07, 6.45) is 2.23. The van der Waals surface area contributed by atoms with Gasteiger partial charge >= 0.3 is 0 Å². The van der Waals surface area contributed by atoms with Gasteiger partial charge in [-0.3, -0.25) is 4.79 Å². The standard InChI is InChI=1S/C20H22ClNO/c21-18-8-6-15(7-9-18)12-19(23)13-17-14-22-11-10-20(17)16-4-2-1-3-5-16/h1-9,17,20,22H,10-14H2/t17-,20?/m1/s1. The highest BCUT2D eigenvalue weighted by Crippen LogP contribution is 2.32. The number of carbonyl (C=O) groups is 1. The minimum Gasteiger partial charge on any atom is -0.316 e. The minimum absolute atomic E-state index is 0.307. The van der Waals surface area contributed by atoms with Crippen molar-refractivity contribution in [3.8, 4) is 0 Å². The summed E-state index contributed by atoms with van der Waals surface area (Å²) in [5, 5.41) is 4.15. The van der Waals surface area contributed by atoms with Crippen molar-refractivity contribution in [1.29, 1.82) is 0 Å². The fourth-order valence-corrected chi connectivity index (χ4v) is 3.60. The monoisotopic (exact) mass is 327 g/mol. The molecule has 0 bridgehead atoms. The van der Waals surface area contributed by atoms with Gasteiger partial charge in [-0.2, -0.15) is 0 Å². The van der Waals surface area contributed by atoms with Crippen LogP contribution < -0.4 is 5.32 Å². The number of Topliss-reactive ketones (excluding diaryl/α,β-unsaturated/α-hetero) is 1. The number of carbonyl (C=O) groups excluding carboxylic acids is 1. The van der Waals surface area contributed by atoms with Gasteiger partial charge in [-0.1, -0.05) is 54.1 Å². The zero-order valence-electron chi connectivity index (χ0n) is 13.2. The predicted octanol–water partition coefficient (Wildman–Crippen LogP) is 4.24. The van der Waals surface area contributed by atoms with Crippen LogP contribution in [0.5, 0.6) is 0 Å². The summed E-state index contributed by atoms with van der Waals surface area (Å²) in [6, 6.07) is 18.2. The second-order valence-corrected chi connectivity index (χ2v) is 6.75.